The van der Waals surface area contributed by atoms with Crippen molar-refractivity contribution >= 4 is 29.8 Å². The second kappa shape index (κ2) is 15.0. The zero-order valence-electron chi connectivity index (χ0n) is 29.9. The van der Waals surface area contributed by atoms with Crippen LogP contribution in [-0.2, 0) is 35.7 Å². The minimum absolute atomic E-state index is 0.0703. The van der Waals surface area contributed by atoms with Crippen molar-refractivity contribution in [1.82, 2.24) is 20.4 Å². The highest BCUT2D eigenvalue weighted by atomic mass is 16.6. The lowest BCUT2D eigenvalue weighted by Crippen LogP contribution is -2.63. The normalized spacial score (nSPS) is 27.1. The molecule has 2 fully saturated rings. The number of nitrogens with zero attached hydrogens (tertiary/aromatic N) is 3. The van der Waals surface area contributed by atoms with Gasteiger partial charge in [-0.15, -0.1) is 0 Å². The largest absolute Gasteiger partial charge is 0.493 e. The Hall–Kier alpha value is -4.53. The van der Waals surface area contributed by atoms with Gasteiger partial charge in [0, 0.05) is 43.6 Å². The Morgan fingerprint density at radius 2 is 1.96 bits per heavy atom. The number of methoxy groups -OCH3 is 1. The fourth-order valence-corrected chi connectivity index (χ4v) is 8.88. The van der Waals surface area contributed by atoms with E-state index in [1.807, 2.05) is 12.1 Å². The van der Waals surface area contributed by atoms with Crippen molar-refractivity contribution in [2.45, 2.75) is 101 Å². The van der Waals surface area contributed by atoms with E-state index in [1.165, 1.54) is 25.0 Å². The molecule has 7 atom stereocenters. The second-order valence-corrected chi connectivity index (χ2v) is 14.3. The number of allylic oxidation sites excluding steroid dienone is 1. The van der Waals surface area contributed by atoms with Gasteiger partial charge in [-0.05, 0) is 95.5 Å². The van der Waals surface area contributed by atoms with Crippen LogP contribution in [0, 0.1) is 5.92 Å². The van der Waals surface area contributed by atoms with Gasteiger partial charge in [-0.3, -0.25) is 19.4 Å². The number of ether oxygens (including phenoxy) is 4. The zero-order valence-corrected chi connectivity index (χ0v) is 29.9. The van der Waals surface area contributed by atoms with Crippen molar-refractivity contribution in [3.8, 4) is 11.5 Å². The summed E-state index contributed by atoms with van der Waals surface area (Å²) in [5, 5.41) is 5.61. The number of piperidine rings is 2. The van der Waals surface area contributed by atoms with Crippen LogP contribution >= 0.6 is 0 Å². The molecule has 2 unspecified atom stereocenters. The molecule has 0 aromatic heterocycles. The number of likely N-dealkylation sites (N-methyl/N-ethyl adjacent to an activating group) is 1. The molecule has 2 saturated heterocycles. The van der Waals surface area contributed by atoms with E-state index in [0.717, 1.165) is 44.4 Å². The van der Waals surface area contributed by atoms with Gasteiger partial charge in [-0.2, -0.15) is 0 Å². The Kier molecular flexibility index (Phi) is 10.7. The summed E-state index contributed by atoms with van der Waals surface area (Å²) in [4.78, 5) is 59.7. The first kappa shape index (κ1) is 36.3. The fourth-order valence-electron chi connectivity index (χ4n) is 8.88. The maximum atomic E-state index is 14.0. The zero-order chi connectivity index (χ0) is 36.4. The first-order chi connectivity index (χ1) is 24.4. The summed E-state index contributed by atoms with van der Waals surface area (Å²) < 4.78 is 23.8. The predicted molar refractivity (Wildman–Crippen MR) is 187 cm³/mol. The maximum Gasteiger partial charge on any atom is 0.415 e. The molecule has 1 aromatic carbocycles. The second-order valence-electron chi connectivity index (χ2n) is 14.3. The summed E-state index contributed by atoms with van der Waals surface area (Å²) in [6.45, 7) is 4.47. The lowest BCUT2D eigenvalue weighted by atomic mass is 9.53. The van der Waals surface area contributed by atoms with Gasteiger partial charge in [0.1, 0.15) is 11.8 Å². The molecule has 6 rings (SSSR count). The van der Waals surface area contributed by atoms with Crippen LogP contribution in [0.25, 0.3) is 0 Å². The van der Waals surface area contributed by atoms with Gasteiger partial charge < -0.3 is 50.8 Å². The van der Waals surface area contributed by atoms with Crippen molar-refractivity contribution in [3.05, 3.63) is 35.1 Å². The summed E-state index contributed by atoms with van der Waals surface area (Å²) in [5.41, 5.74) is 13.0. The first-order valence-electron chi connectivity index (χ1n) is 18.0. The summed E-state index contributed by atoms with van der Waals surface area (Å²) >= 11 is 0. The van der Waals surface area contributed by atoms with Crippen molar-refractivity contribution in [1.29, 1.82) is 0 Å². The number of hydrogen-bond acceptors (Lipinski definition) is 10. The molecular formula is C36H51N7O8. The number of guanidine groups is 1. The molecule has 1 aromatic rings. The number of amides is 3. The molecular weight excluding hydrogens is 658 g/mol. The molecule has 15 heteroatoms. The van der Waals surface area contributed by atoms with E-state index in [-0.39, 0.29) is 36.9 Å². The highest BCUT2D eigenvalue weighted by Crippen LogP contribution is 2.63. The van der Waals surface area contributed by atoms with Crippen molar-refractivity contribution in [3.63, 3.8) is 0 Å². The van der Waals surface area contributed by atoms with Crippen molar-refractivity contribution < 1.29 is 38.1 Å². The van der Waals surface area contributed by atoms with Crippen LogP contribution in [0.5, 0.6) is 11.5 Å². The van der Waals surface area contributed by atoms with Gasteiger partial charge in [0.15, 0.2) is 29.7 Å². The first-order valence-corrected chi connectivity index (χ1v) is 18.0. The Balaban J connectivity index is 1.14. The third-order valence-corrected chi connectivity index (χ3v) is 11.3. The predicted octanol–water partition coefficient (Wildman–Crippen LogP) is 1.46. The number of hydrogen-bond donors (Lipinski definition) is 4. The lowest BCUT2D eigenvalue weighted by molar-refractivity contribution is -0.153. The molecule has 278 valence electrons. The number of likely N-dealkylation sites (tertiary alicyclic amines) is 2. The molecule has 5 aliphatic rings. The van der Waals surface area contributed by atoms with E-state index >= 15 is 0 Å². The monoisotopic (exact) mass is 709 g/mol. The van der Waals surface area contributed by atoms with E-state index in [1.54, 1.807) is 12.0 Å². The molecule has 6 N–H and O–H groups in total. The highest BCUT2D eigenvalue weighted by Gasteiger charge is 2.65. The standard InChI is InChI=1S/C36H51N7O8/c1-20(49-21(2)44)32(45)41-25(9-7-15-39-34(37)38)33(46)40-19-23-8-5-6-16-43(23)35(47)50-28-13-11-24-26-18-22-10-12-27(48-4)30-29(22)36(24,31(28)51-30)14-17-42(26)3/h10,12-13,20,23-26,31H,5-9,11,14-19H2,1-4H3,(H,40,46)(H,41,45)(H4,37,38,39)/t20-,23-,24?,25+,26-,31?,36+/m1/s1. The number of nitrogens with one attached hydrogen (secondary N) is 2. The molecule has 3 amide bonds. The quantitative estimate of drug-likeness (QED) is 0.106. The number of rotatable bonds is 12. The summed E-state index contributed by atoms with van der Waals surface area (Å²) in [6.07, 6.45) is 5.66. The van der Waals surface area contributed by atoms with Crippen LogP contribution in [0.2, 0.25) is 0 Å². The number of benzene rings is 1. The van der Waals surface area contributed by atoms with E-state index < -0.39 is 42.1 Å². The van der Waals surface area contributed by atoms with Gasteiger partial charge >= 0.3 is 12.1 Å². The van der Waals surface area contributed by atoms with Gasteiger partial charge in [0.25, 0.3) is 5.91 Å². The van der Waals surface area contributed by atoms with E-state index in [2.05, 4.69) is 33.6 Å². The molecule has 0 saturated carbocycles. The number of carbonyl (C=O) groups is 4. The Morgan fingerprint density at radius 1 is 1.16 bits per heavy atom. The van der Waals surface area contributed by atoms with E-state index in [9.17, 15) is 19.2 Å². The smallest absolute Gasteiger partial charge is 0.415 e. The Bertz CT molecular complexity index is 1590. The van der Waals surface area contributed by atoms with Gasteiger partial charge in [0.2, 0.25) is 5.91 Å². The minimum Gasteiger partial charge on any atom is -0.493 e. The lowest BCUT2D eigenvalue weighted by Gasteiger charge is -2.56. The van der Waals surface area contributed by atoms with E-state index in [0.29, 0.717) is 42.9 Å². The third kappa shape index (κ3) is 7.04. The van der Waals surface area contributed by atoms with Crippen molar-refractivity contribution in [2.75, 3.05) is 40.3 Å². The molecule has 3 aliphatic heterocycles. The van der Waals surface area contributed by atoms with Crippen LogP contribution in [0.1, 0.15) is 69.9 Å². The van der Waals surface area contributed by atoms with Crippen LogP contribution < -0.4 is 31.6 Å². The topological polar surface area (TPSA) is 200 Å². The van der Waals surface area contributed by atoms with Gasteiger partial charge in [-0.25, -0.2) is 4.79 Å². The van der Waals surface area contributed by atoms with Gasteiger partial charge in [-0.1, -0.05) is 6.07 Å². The molecule has 15 nitrogen and oxygen atoms in total. The fraction of sp³-hybridized carbons (Fsp3) is 0.639. The number of esters is 1. The van der Waals surface area contributed by atoms with Crippen molar-refractivity contribution in [2.24, 2.45) is 22.4 Å². The molecule has 2 aliphatic carbocycles. The molecule has 1 spiro atoms. The maximum absolute atomic E-state index is 14.0. The minimum atomic E-state index is -1.08. The highest BCUT2D eigenvalue weighted by molar-refractivity contribution is 5.90. The average molecular weight is 710 g/mol. The van der Waals surface area contributed by atoms with Gasteiger partial charge in [0.05, 0.1) is 13.2 Å². The average Bonchev–Trinajstić information content (AvgIpc) is 3.46. The number of aliphatic imine (C=N–C) groups is 1. The molecule has 3 heterocycles. The summed E-state index contributed by atoms with van der Waals surface area (Å²) in [6, 6.07) is 3.24. The number of nitrogens with two attached hydrogens (primary N) is 2. The summed E-state index contributed by atoms with van der Waals surface area (Å²) in [7, 11) is 3.84. The number of carbonyl (C=O) groups excluding carboxylic acids is 4. The molecule has 0 radical (unpaired) electrons. The Labute approximate surface area is 298 Å². The third-order valence-electron chi connectivity index (χ3n) is 11.3. The summed E-state index contributed by atoms with van der Waals surface area (Å²) in [5.74, 6) is 0.596. The van der Waals surface area contributed by atoms with E-state index in [4.69, 9.17) is 30.4 Å². The van der Waals surface area contributed by atoms with Crippen LogP contribution in [-0.4, -0.2) is 110 Å². The SMILES string of the molecule is COc1ccc2c3c1OC1C(OC(=O)N4CCCC[C@@H]4CNC(=O)[C@H](CCCN=C(N)N)NC(=O)[C@@H](C)OC(C)=O)=CCC4[C@@H](C2)N(C)CC[C@]314. The van der Waals surface area contributed by atoms with Crippen LogP contribution in [0.3, 0.4) is 0 Å². The van der Waals surface area contributed by atoms with Crippen LogP contribution in [0.15, 0.2) is 29.0 Å². The molecule has 2 bridgehead atoms. The Morgan fingerprint density at radius 3 is 2.71 bits per heavy atom. The molecule has 51 heavy (non-hydrogen) atoms. The van der Waals surface area contributed by atoms with Crippen LogP contribution in [0.4, 0.5) is 4.79 Å².